The Labute approximate surface area is 184 Å². The zero-order valence-electron chi connectivity index (χ0n) is 18.4. The van der Waals surface area contributed by atoms with Crippen molar-refractivity contribution in [2.24, 2.45) is 7.05 Å². The van der Waals surface area contributed by atoms with Crippen LogP contribution >= 0.6 is 0 Å². The van der Waals surface area contributed by atoms with Gasteiger partial charge in [0.25, 0.3) is 5.91 Å². The quantitative estimate of drug-likeness (QED) is 0.467. The Hall–Kier alpha value is -3.76. The summed E-state index contributed by atoms with van der Waals surface area (Å²) < 4.78 is 15.3. The molecule has 5 heterocycles. The Morgan fingerprint density at radius 2 is 2.12 bits per heavy atom. The van der Waals surface area contributed by atoms with Crippen LogP contribution in [-0.2, 0) is 13.6 Å². The summed E-state index contributed by atoms with van der Waals surface area (Å²) in [4.78, 5) is 31.9. The van der Waals surface area contributed by atoms with E-state index < -0.39 is 0 Å². The van der Waals surface area contributed by atoms with Crippen molar-refractivity contribution in [1.29, 1.82) is 0 Å². The highest BCUT2D eigenvalue weighted by Gasteiger charge is 2.32. The molecule has 1 atom stereocenters. The second-order valence-electron chi connectivity index (χ2n) is 7.85. The van der Waals surface area contributed by atoms with E-state index in [-0.39, 0.29) is 17.8 Å². The molecule has 166 valence electrons. The van der Waals surface area contributed by atoms with E-state index in [1.807, 2.05) is 29.4 Å². The first-order valence-corrected chi connectivity index (χ1v) is 10.5. The summed E-state index contributed by atoms with van der Waals surface area (Å²) >= 11 is 0. The van der Waals surface area contributed by atoms with Crippen molar-refractivity contribution in [1.82, 2.24) is 39.2 Å². The van der Waals surface area contributed by atoms with Crippen molar-refractivity contribution in [2.45, 2.75) is 39.8 Å². The number of oxazole rings is 1. The maximum atomic E-state index is 12.7. The van der Waals surface area contributed by atoms with Crippen LogP contribution in [0.4, 0.5) is 0 Å². The van der Waals surface area contributed by atoms with Crippen LogP contribution in [0.25, 0.3) is 22.6 Å². The molecule has 4 aromatic rings. The van der Waals surface area contributed by atoms with E-state index in [0.29, 0.717) is 42.2 Å². The van der Waals surface area contributed by atoms with E-state index in [0.717, 1.165) is 23.6 Å². The summed E-state index contributed by atoms with van der Waals surface area (Å²) in [5.74, 6) is 1.26. The molecule has 1 saturated heterocycles. The van der Waals surface area contributed by atoms with E-state index in [1.165, 1.54) is 12.7 Å². The van der Waals surface area contributed by atoms with E-state index in [4.69, 9.17) is 14.1 Å². The molecule has 32 heavy (non-hydrogen) atoms. The number of carbonyl (C=O) groups excluding carboxylic acids is 1. The minimum absolute atomic E-state index is 0.178. The topological polar surface area (TPSA) is 117 Å². The highest BCUT2D eigenvalue weighted by molar-refractivity contribution is 5.92. The fourth-order valence-electron chi connectivity index (χ4n) is 4.11. The van der Waals surface area contributed by atoms with E-state index in [2.05, 4.69) is 27.0 Å². The Balaban J connectivity index is 1.40. The predicted molar refractivity (Wildman–Crippen MR) is 114 cm³/mol. The van der Waals surface area contributed by atoms with E-state index >= 15 is 0 Å². The number of carbonyl (C=O) groups is 1. The summed E-state index contributed by atoms with van der Waals surface area (Å²) in [6, 6.07) is 0. The molecule has 0 aromatic carbocycles. The maximum Gasteiger partial charge on any atom is 0.291 e. The largest absolute Gasteiger partial charge is 0.471 e. The lowest BCUT2D eigenvalue weighted by atomic mass is 10.2. The van der Waals surface area contributed by atoms with Gasteiger partial charge in [-0.3, -0.25) is 9.48 Å². The molecule has 11 nitrogen and oxygen atoms in total. The molecule has 0 unspecified atom stereocenters. The Kier molecular flexibility index (Phi) is 4.87. The predicted octanol–water partition coefficient (Wildman–Crippen LogP) is 2.15. The lowest BCUT2D eigenvalue weighted by molar-refractivity contribution is 0.0739. The summed E-state index contributed by atoms with van der Waals surface area (Å²) in [5.41, 5.74) is 3.83. The van der Waals surface area contributed by atoms with Crippen LogP contribution in [0.2, 0.25) is 0 Å². The van der Waals surface area contributed by atoms with Crippen molar-refractivity contribution < 1.29 is 13.9 Å². The van der Waals surface area contributed by atoms with Gasteiger partial charge in [-0.1, -0.05) is 0 Å². The molecule has 0 N–H and O–H groups in total. The monoisotopic (exact) mass is 436 g/mol. The second-order valence-corrected chi connectivity index (χ2v) is 7.85. The number of imidazole rings is 1. The average molecular weight is 436 g/mol. The standard InChI is InChI=1S/C21H24N8O3/c1-5-29-13(3)15(8-25-29)18-26-16-19(27(18)4)22-10-23-20(16)32-14-6-7-28(9-14)21(30)17-12(2)24-11-31-17/h8,10-11,14H,5-7,9H2,1-4H3/t14-/m0/s1. The SMILES string of the molecule is CCn1ncc(-c2nc3c(O[C@H]4CCN(C(=O)c5ocnc5C)C4)ncnc3n2C)c1C. The minimum Gasteiger partial charge on any atom is -0.471 e. The van der Waals surface area contributed by atoms with E-state index in [1.54, 1.807) is 11.8 Å². The lowest BCUT2D eigenvalue weighted by Gasteiger charge is -2.16. The molecule has 1 fully saturated rings. The van der Waals surface area contributed by atoms with Gasteiger partial charge in [-0.2, -0.15) is 10.1 Å². The number of hydrogen-bond acceptors (Lipinski definition) is 8. The number of rotatable bonds is 5. The van der Waals surface area contributed by atoms with Gasteiger partial charge in [-0.15, -0.1) is 0 Å². The number of amides is 1. The average Bonchev–Trinajstić information content (AvgIpc) is 3.56. The van der Waals surface area contributed by atoms with Gasteiger partial charge in [0, 0.05) is 32.3 Å². The van der Waals surface area contributed by atoms with Crippen molar-refractivity contribution in [3.05, 3.63) is 36.1 Å². The number of ether oxygens (including phenoxy) is 1. The molecular weight excluding hydrogens is 412 g/mol. The number of aryl methyl sites for hydroxylation is 3. The van der Waals surface area contributed by atoms with Crippen LogP contribution < -0.4 is 4.74 Å². The van der Waals surface area contributed by atoms with Crippen molar-refractivity contribution in [2.75, 3.05) is 13.1 Å². The third kappa shape index (κ3) is 3.20. The van der Waals surface area contributed by atoms with Gasteiger partial charge >= 0.3 is 0 Å². The van der Waals surface area contributed by atoms with Gasteiger partial charge in [0.05, 0.1) is 24.0 Å². The van der Waals surface area contributed by atoms with Crippen LogP contribution in [0.1, 0.15) is 35.3 Å². The first-order valence-electron chi connectivity index (χ1n) is 10.5. The van der Waals surface area contributed by atoms with Crippen LogP contribution in [0.3, 0.4) is 0 Å². The van der Waals surface area contributed by atoms with Crippen LogP contribution in [0, 0.1) is 13.8 Å². The second kappa shape index (κ2) is 7.74. The molecule has 11 heteroatoms. The van der Waals surface area contributed by atoms with Gasteiger partial charge < -0.3 is 18.6 Å². The van der Waals surface area contributed by atoms with Crippen LogP contribution in [0.5, 0.6) is 5.88 Å². The minimum atomic E-state index is -0.199. The van der Waals surface area contributed by atoms with E-state index in [9.17, 15) is 4.79 Å². The van der Waals surface area contributed by atoms with Crippen molar-refractivity contribution >= 4 is 17.1 Å². The van der Waals surface area contributed by atoms with Gasteiger partial charge in [-0.25, -0.2) is 15.0 Å². The molecule has 0 bridgehead atoms. The first-order chi connectivity index (χ1) is 15.5. The van der Waals surface area contributed by atoms with Gasteiger partial charge in [-0.05, 0) is 20.8 Å². The van der Waals surface area contributed by atoms with Crippen LogP contribution in [0.15, 0.2) is 23.3 Å². The molecule has 0 spiro atoms. The van der Waals surface area contributed by atoms with Crippen molar-refractivity contribution in [3.63, 3.8) is 0 Å². The molecule has 1 aliphatic rings. The molecule has 0 radical (unpaired) electrons. The number of likely N-dealkylation sites (tertiary alicyclic amines) is 1. The molecule has 0 saturated carbocycles. The maximum absolute atomic E-state index is 12.7. The molecule has 1 amide bonds. The number of fused-ring (bicyclic) bond motifs is 1. The Morgan fingerprint density at radius 1 is 1.28 bits per heavy atom. The highest BCUT2D eigenvalue weighted by Crippen LogP contribution is 2.30. The third-order valence-corrected chi connectivity index (χ3v) is 5.92. The van der Waals surface area contributed by atoms with Gasteiger partial charge in [0.15, 0.2) is 17.6 Å². The van der Waals surface area contributed by atoms with Crippen LogP contribution in [-0.4, -0.2) is 64.3 Å². The van der Waals surface area contributed by atoms with Gasteiger partial charge in [0.1, 0.15) is 18.3 Å². The fraction of sp³-hybridized carbons (Fsp3) is 0.429. The molecule has 0 aliphatic carbocycles. The summed E-state index contributed by atoms with van der Waals surface area (Å²) in [5, 5.41) is 4.43. The number of hydrogen-bond donors (Lipinski definition) is 0. The highest BCUT2D eigenvalue weighted by atomic mass is 16.5. The van der Waals surface area contributed by atoms with Gasteiger partial charge in [0.2, 0.25) is 11.6 Å². The smallest absolute Gasteiger partial charge is 0.291 e. The molecule has 5 rings (SSSR count). The Morgan fingerprint density at radius 3 is 2.84 bits per heavy atom. The lowest BCUT2D eigenvalue weighted by Crippen LogP contribution is -2.31. The first kappa shape index (κ1) is 20.2. The fourth-order valence-corrected chi connectivity index (χ4v) is 4.11. The third-order valence-electron chi connectivity index (χ3n) is 5.92. The molecule has 4 aromatic heterocycles. The normalized spacial score (nSPS) is 16.2. The summed E-state index contributed by atoms with van der Waals surface area (Å²) in [6.07, 6.45) is 5.07. The molecule has 1 aliphatic heterocycles. The summed E-state index contributed by atoms with van der Waals surface area (Å²) in [6.45, 7) is 7.62. The zero-order valence-corrected chi connectivity index (χ0v) is 18.4. The number of aromatic nitrogens is 7. The molecular formula is C21H24N8O3. The summed E-state index contributed by atoms with van der Waals surface area (Å²) in [7, 11) is 1.92. The Bertz CT molecular complexity index is 1300. The number of nitrogens with zero attached hydrogens (tertiary/aromatic N) is 8. The zero-order chi connectivity index (χ0) is 22.4. The van der Waals surface area contributed by atoms with Crippen molar-refractivity contribution in [3.8, 4) is 17.3 Å².